The third kappa shape index (κ3) is 4.17. The highest BCUT2D eigenvalue weighted by Crippen LogP contribution is 2.29. The van der Waals surface area contributed by atoms with Gasteiger partial charge in [0, 0.05) is 6.07 Å². The predicted molar refractivity (Wildman–Crippen MR) is 123 cm³/mol. The lowest BCUT2D eigenvalue weighted by atomic mass is 10.2. The van der Waals surface area contributed by atoms with Crippen molar-refractivity contribution in [2.45, 2.75) is 12.1 Å². The Morgan fingerprint density at radius 1 is 1.19 bits per heavy atom. The van der Waals surface area contributed by atoms with Gasteiger partial charge in [-0.25, -0.2) is 4.98 Å². The van der Waals surface area contributed by atoms with E-state index in [1.54, 1.807) is 25.3 Å². The van der Waals surface area contributed by atoms with Crippen LogP contribution in [-0.4, -0.2) is 45.6 Å². The van der Waals surface area contributed by atoms with Crippen LogP contribution in [0.3, 0.4) is 0 Å². The van der Waals surface area contributed by atoms with E-state index in [0.29, 0.717) is 39.1 Å². The Labute approximate surface area is 187 Å². The lowest BCUT2D eigenvalue weighted by Crippen LogP contribution is -2.23. The number of thioether (sulfide) groups is 1. The average molecular weight is 452 g/mol. The zero-order valence-corrected chi connectivity index (χ0v) is 18.5. The van der Waals surface area contributed by atoms with Gasteiger partial charge in [-0.2, -0.15) is 5.10 Å². The van der Waals surface area contributed by atoms with E-state index in [9.17, 15) is 9.59 Å². The van der Waals surface area contributed by atoms with Gasteiger partial charge in [0.25, 0.3) is 5.56 Å². The van der Waals surface area contributed by atoms with Crippen LogP contribution in [0.4, 0.5) is 5.69 Å². The highest BCUT2D eigenvalue weighted by Gasteiger charge is 2.17. The van der Waals surface area contributed by atoms with Gasteiger partial charge in [0.1, 0.15) is 16.9 Å². The summed E-state index contributed by atoms with van der Waals surface area (Å²) in [6.45, 7) is 1.92. The Balaban J connectivity index is 1.62. The van der Waals surface area contributed by atoms with Crippen molar-refractivity contribution < 1.29 is 14.3 Å². The second-order valence-corrected chi connectivity index (χ2v) is 7.80. The van der Waals surface area contributed by atoms with Crippen LogP contribution >= 0.6 is 11.8 Å². The number of nitrogens with one attached hydrogen (secondary N) is 2. The number of fused-ring (bicyclic) bond motifs is 1. The maximum atomic E-state index is 13.2. The maximum absolute atomic E-state index is 13.2. The molecule has 164 valence electrons. The molecule has 0 aliphatic heterocycles. The number of aryl methyl sites for hydroxylation is 1. The van der Waals surface area contributed by atoms with Crippen LogP contribution in [0.1, 0.15) is 5.56 Å². The molecule has 0 unspecified atom stereocenters. The van der Waals surface area contributed by atoms with Crippen LogP contribution in [0.5, 0.6) is 11.5 Å². The predicted octanol–water partition coefficient (Wildman–Crippen LogP) is 3.17. The number of aromatic nitrogens is 4. The number of ether oxygens (including phenoxy) is 2. The monoisotopic (exact) mass is 451 g/mol. The smallest absolute Gasteiger partial charge is 0.269 e. The Kier molecular flexibility index (Phi) is 6.13. The molecule has 1 amide bonds. The molecule has 2 heterocycles. The number of carbonyl (C=O) groups is 1. The molecule has 0 saturated heterocycles. The topological polar surface area (TPSA) is 111 Å². The largest absolute Gasteiger partial charge is 0.497 e. The van der Waals surface area contributed by atoms with Crippen LogP contribution in [0.25, 0.3) is 16.7 Å². The van der Waals surface area contributed by atoms with Gasteiger partial charge in [0.05, 0.1) is 37.5 Å². The average Bonchev–Trinajstić information content (AvgIpc) is 3.28. The number of hydrogen-bond acceptors (Lipinski definition) is 7. The number of methoxy groups -OCH3 is 2. The number of H-pyrrole nitrogens is 1. The Bertz CT molecular complexity index is 1350. The fraction of sp³-hybridized carbons (Fsp3) is 0.182. The van der Waals surface area contributed by atoms with Crippen molar-refractivity contribution in [2.24, 2.45) is 0 Å². The van der Waals surface area contributed by atoms with Gasteiger partial charge in [0.15, 0.2) is 10.8 Å². The van der Waals surface area contributed by atoms with Gasteiger partial charge in [-0.3, -0.25) is 19.3 Å². The first-order valence-corrected chi connectivity index (χ1v) is 10.7. The third-order valence-corrected chi connectivity index (χ3v) is 5.76. The summed E-state index contributed by atoms with van der Waals surface area (Å²) in [5.41, 5.74) is 2.26. The first-order chi connectivity index (χ1) is 15.5. The first kappa shape index (κ1) is 21.4. The summed E-state index contributed by atoms with van der Waals surface area (Å²) in [5.74, 6) is 0.867. The minimum Gasteiger partial charge on any atom is -0.497 e. The number of rotatable bonds is 7. The highest BCUT2D eigenvalue weighted by atomic mass is 32.2. The van der Waals surface area contributed by atoms with E-state index in [4.69, 9.17) is 9.47 Å². The molecule has 2 aromatic heterocycles. The minimum absolute atomic E-state index is 0.0349. The number of aromatic amines is 1. The van der Waals surface area contributed by atoms with Crippen LogP contribution < -0.4 is 20.3 Å². The van der Waals surface area contributed by atoms with E-state index in [1.807, 2.05) is 31.2 Å². The molecule has 9 nitrogen and oxygen atoms in total. The van der Waals surface area contributed by atoms with Crippen molar-refractivity contribution in [1.29, 1.82) is 0 Å². The van der Waals surface area contributed by atoms with Gasteiger partial charge in [-0.15, -0.1) is 0 Å². The Morgan fingerprint density at radius 3 is 2.75 bits per heavy atom. The molecule has 0 radical (unpaired) electrons. The van der Waals surface area contributed by atoms with Gasteiger partial charge in [-0.1, -0.05) is 30.0 Å². The first-order valence-electron chi connectivity index (χ1n) is 9.68. The van der Waals surface area contributed by atoms with Gasteiger partial charge in [-0.05, 0) is 30.7 Å². The second-order valence-electron chi connectivity index (χ2n) is 6.86. The van der Waals surface area contributed by atoms with E-state index < -0.39 is 0 Å². The van der Waals surface area contributed by atoms with Crippen LogP contribution in [0, 0.1) is 6.92 Å². The molecule has 2 aromatic carbocycles. The number of para-hydroxylation sites is 1. The Hall–Kier alpha value is -3.79. The molecule has 0 bridgehead atoms. The molecule has 0 atom stereocenters. The molecule has 0 fully saturated rings. The summed E-state index contributed by atoms with van der Waals surface area (Å²) >= 11 is 1.16. The minimum atomic E-state index is -0.270. The molecule has 0 aliphatic rings. The highest BCUT2D eigenvalue weighted by molar-refractivity contribution is 7.99. The molecule has 2 N–H and O–H groups in total. The van der Waals surface area contributed by atoms with Crippen molar-refractivity contribution >= 4 is 34.4 Å². The molecule has 4 aromatic rings. The van der Waals surface area contributed by atoms with E-state index in [1.165, 1.54) is 17.9 Å². The lowest BCUT2D eigenvalue weighted by Gasteiger charge is -2.14. The second kappa shape index (κ2) is 9.15. The fourth-order valence-corrected chi connectivity index (χ4v) is 4.01. The van der Waals surface area contributed by atoms with E-state index in [2.05, 4.69) is 20.5 Å². The van der Waals surface area contributed by atoms with Crippen LogP contribution in [0.15, 0.2) is 58.6 Å². The fourth-order valence-electron chi connectivity index (χ4n) is 3.22. The van der Waals surface area contributed by atoms with Crippen molar-refractivity contribution in [3.63, 3.8) is 0 Å². The van der Waals surface area contributed by atoms with E-state index in [0.717, 1.165) is 17.3 Å². The summed E-state index contributed by atoms with van der Waals surface area (Å²) in [6.07, 6.45) is 1.45. The molecule has 4 rings (SSSR count). The number of hydrogen-bond donors (Lipinski definition) is 2. The van der Waals surface area contributed by atoms with E-state index in [-0.39, 0.29) is 17.2 Å². The summed E-state index contributed by atoms with van der Waals surface area (Å²) in [7, 11) is 3.07. The summed E-state index contributed by atoms with van der Waals surface area (Å²) in [6, 6.07) is 12.6. The van der Waals surface area contributed by atoms with Crippen molar-refractivity contribution in [3.05, 3.63) is 64.6 Å². The number of carbonyl (C=O) groups excluding carboxylic acids is 1. The normalized spacial score (nSPS) is 10.8. The molecule has 0 saturated carbocycles. The van der Waals surface area contributed by atoms with Crippen LogP contribution in [0.2, 0.25) is 0 Å². The molecule has 32 heavy (non-hydrogen) atoms. The van der Waals surface area contributed by atoms with Gasteiger partial charge >= 0.3 is 0 Å². The lowest BCUT2D eigenvalue weighted by molar-refractivity contribution is -0.113. The molecular weight excluding hydrogens is 430 g/mol. The van der Waals surface area contributed by atoms with E-state index >= 15 is 0 Å². The van der Waals surface area contributed by atoms with Crippen molar-refractivity contribution in [3.8, 4) is 17.2 Å². The SMILES string of the molecule is COc1ccc(NC(=O)CSc2nc3[nH]ncc3c(=O)n2-c2ccccc2C)c(OC)c1. The zero-order valence-electron chi connectivity index (χ0n) is 17.7. The van der Waals surface area contributed by atoms with Crippen molar-refractivity contribution in [1.82, 2.24) is 19.7 Å². The Morgan fingerprint density at radius 2 is 2.00 bits per heavy atom. The molecular formula is C22H21N5O4S. The molecule has 0 spiro atoms. The number of nitrogens with zero attached hydrogens (tertiary/aromatic N) is 3. The van der Waals surface area contributed by atoms with Crippen molar-refractivity contribution in [2.75, 3.05) is 25.3 Å². The van der Waals surface area contributed by atoms with Gasteiger partial charge < -0.3 is 14.8 Å². The summed E-state index contributed by atoms with van der Waals surface area (Å²) in [5, 5.41) is 10.3. The number of anilines is 1. The molecule has 0 aliphatic carbocycles. The number of benzene rings is 2. The van der Waals surface area contributed by atoms with Gasteiger partial charge in [0.2, 0.25) is 5.91 Å². The maximum Gasteiger partial charge on any atom is 0.269 e. The summed E-state index contributed by atoms with van der Waals surface area (Å²) < 4.78 is 12.0. The van der Waals surface area contributed by atoms with Crippen LogP contribution in [-0.2, 0) is 4.79 Å². The molecule has 10 heteroatoms. The summed E-state index contributed by atoms with van der Waals surface area (Å²) in [4.78, 5) is 30.4. The zero-order chi connectivity index (χ0) is 22.7. The number of amides is 1. The quantitative estimate of drug-likeness (QED) is 0.328. The third-order valence-electron chi connectivity index (χ3n) is 4.82. The standard InChI is InChI=1S/C22H21N5O4S/c1-13-6-4-5-7-17(13)27-21(29)15-11-23-26-20(15)25-22(27)32-12-19(28)24-16-9-8-14(30-2)10-18(16)31-3/h4-11H,12H2,1-3H3,(H,23,26)(H,24,28).